The molecule has 4 aromatic carbocycles. The van der Waals surface area contributed by atoms with Crippen LogP contribution in [-0.4, -0.2) is 48.3 Å². The Labute approximate surface area is 277 Å². The average molecular weight is 655 g/mol. The number of carbonyl (C=O) groups is 2. The van der Waals surface area contributed by atoms with Gasteiger partial charge >= 0.3 is 0 Å². The quantitative estimate of drug-likeness (QED) is 0.117. The summed E-state index contributed by atoms with van der Waals surface area (Å²) >= 11 is 0. The van der Waals surface area contributed by atoms with Gasteiger partial charge in [0.25, 0.3) is 0 Å². The Kier molecular flexibility index (Phi) is 9.56. The first-order valence-corrected chi connectivity index (χ1v) is 15.7. The van der Waals surface area contributed by atoms with E-state index in [0.29, 0.717) is 12.0 Å². The van der Waals surface area contributed by atoms with Crippen LogP contribution >= 0.6 is 0 Å². The van der Waals surface area contributed by atoms with E-state index in [0.717, 1.165) is 5.57 Å². The first kappa shape index (κ1) is 33.7. The van der Waals surface area contributed by atoms with Crippen molar-refractivity contribution < 1.29 is 49.7 Å². The minimum atomic E-state index is -1.36. The number of aromatic hydroxyl groups is 6. The third-order valence-corrected chi connectivity index (χ3v) is 8.67. The van der Waals surface area contributed by atoms with Crippen molar-refractivity contribution in [3.05, 3.63) is 107 Å². The van der Waals surface area contributed by atoms with Gasteiger partial charge < -0.3 is 40.1 Å². The average Bonchev–Trinajstić information content (AvgIpc) is 3.03. The largest absolute Gasteiger partial charge is 0.508 e. The number of fused-ring (bicyclic) bond motifs is 1. The summed E-state index contributed by atoms with van der Waals surface area (Å²) in [6.07, 6.45) is -0.457. The number of phenolic OH excluding ortho intramolecular Hbond substituents is 6. The maximum atomic E-state index is 13.8. The fourth-order valence-corrected chi connectivity index (χ4v) is 6.67. The van der Waals surface area contributed by atoms with Gasteiger partial charge in [-0.3, -0.25) is 9.59 Å². The van der Waals surface area contributed by atoms with Gasteiger partial charge in [-0.2, -0.15) is 0 Å². The molecule has 48 heavy (non-hydrogen) atoms. The Morgan fingerprint density at radius 1 is 0.812 bits per heavy atom. The Morgan fingerprint density at radius 3 is 2.17 bits per heavy atom. The number of Topliss-reactive ketones (excluding diaryl/α,β-unsaturated/α-hetero) is 2. The highest BCUT2D eigenvalue weighted by atomic mass is 16.6. The summed E-state index contributed by atoms with van der Waals surface area (Å²) in [5.41, 5.74) is 1.50. The van der Waals surface area contributed by atoms with Crippen LogP contribution in [0.5, 0.6) is 46.0 Å². The van der Waals surface area contributed by atoms with Gasteiger partial charge in [-0.05, 0) is 68.3 Å². The second-order valence-corrected chi connectivity index (χ2v) is 11.8. The minimum absolute atomic E-state index is 0.0221. The van der Waals surface area contributed by atoms with Crippen LogP contribution in [0, 0.1) is 5.92 Å². The molecule has 10 nitrogen and oxygen atoms in total. The summed E-state index contributed by atoms with van der Waals surface area (Å²) in [5.74, 6) is -4.10. The number of rotatable bonds is 6. The number of phenols is 6. The third-order valence-electron chi connectivity index (χ3n) is 8.67. The van der Waals surface area contributed by atoms with E-state index in [2.05, 4.69) is 0 Å². The van der Waals surface area contributed by atoms with Gasteiger partial charge in [-0.15, -0.1) is 0 Å². The first-order chi connectivity index (χ1) is 22.9. The molecule has 6 rings (SSSR count). The molecule has 0 saturated heterocycles. The predicted molar refractivity (Wildman–Crippen MR) is 177 cm³/mol. The molecular formula is C38H38O10. The Hall–Kier alpha value is -5.64. The molecule has 2 aliphatic rings. The van der Waals surface area contributed by atoms with Gasteiger partial charge in [0.1, 0.15) is 51.8 Å². The first-order valence-electron chi connectivity index (χ1n) is 15.7. The van der Waals surface area contributed by atoms with Crippen molar-refractivity contribution in [2.24, 2.45) is 5.92 Å². The highest BCUT2D eigenvalue weighted by molar-refractivity contribution is 6.03. The van der Waals surface area contributed by atoms with Crippen LogP contribution in [0.15, 0.2) is 84.4 Å². The predicted octanol–water partition coefficient (Wildman–Crippen LogP) is 7.13. The second kappa shape index (κ2) is 13.6. The Bertz CT molecular complexity index is 1890. The summed E-state index contributed by atoms with van der Waals surface area (Å²) < 4.78 is 12.3. The molecule has 0 amide bonds. The van der Waals surface area contributed by atoms with Gasteiger partial charge in [0.05, 0.1) is 5.56 Å². The maximum Gasteiger partial charge on any atom is 0.211 e. The molecule has 0 radical (unpaired) electrons. The fraction of sp³-hybridized carbons (Fsp3) is 0.263. The molecule has 6 N–H and O–H groups in total. The normalized spacial score (nSPS) is 21.5. The van der Waals surface area contributed by atoms with E-state index >= 15 is 0 Å². The van der Waals surface area contributed by atoms with Crippen molar-refractivity contribution >= 4 is 11.6 Å². The molecule has 5 unspecified atom stereocenters. The lowest BCUT2D eigenvalue weighted by atomic mass is 9.66. The van der Waals surface area contributed by atoms with Crippen LogP contribution in [0.25, 0.3) is 0 Å². The fourth-order valence-electron chi connectivity index (χ4n) is 6.67. The van der Waals surface area contributed by atoms with E-state index in [-0.39, 0.29) is 62.7 Å². The van der Waals surface area contributed by atoms with E-state index < -0.39 is 41.5 Å². The lowest BCUT2D eigenvalue weighted by molar-refractivity contribution is -0.122. The number of ketones is 2. The number of benzene rings is 4. The summed E-state index contributed by atoms with van der Waals surface area (Å²) in [6, 6.07) is 16.8. The van der Waals surface area contributed by atoms with Gasteiger partial charge in [-0.1, -0.05) is 37.6 Å². The highest BCUT2D eigenvalue weighted by Gasteiger charge is 2.45. The summed E-state index contributed by atoms with van der Waals surface area (Å²) in [5, 5.41) is 63.8. The molecule has 250 valence electrons. The van der Waals surface area contributed by atoms with Crippen molar-refractivity contribution in [3.8, 4) is 46.0 Å². The number of hydrogen-bond donors (Lipinski definition) is 6. The van der Waals surface area contributed by atoms with Crippen molar-refractivity contribution in [1.82, 2.24) is 0 Å². The molecule has 0 saturated carbocycles. The van der Waals surface area contributed by atoms with Crippen molar-refractivity contribution in [3.63, 3.8) is 0 Å². The van der Waals surface area contributed by atoms with Crippen molar-refractivity contribution in [1.29, 1.82) is 0 Å². The van der Waals surface area contributed by atoms with Gasteiger partial charge in [0.2, 0.25) is 11.9 Å². The maximum absolute atomic E-state index is 13.8. The van der Waals surface area contributed by atoms with Gasteiger partial charge in [0, 0.05) is 47.1 Å². The molecule has 10 heteroatoms. The van der Waals surface area contributed by atoms with Crippen LogP contribution in [0.3, 0.4) is 0 Å². The van der Waals surface area contributed by atoms with E-state index in [4.69, 9.17) is 9.47 Å². The molecule has 1 aliphatic carbocycles. The zero-order chi connectivity index (χ0) is 34.9. The number of hydrogen-bond acceptors (Lipinski definition) is 10. The molecular weight excluding hydrogens is 616 g/mol. The van der Waals surface area contributed by atoms with Crippen LogP contribution in [-0.2, 0) is 4.79 Å². The number of allylic oxidation sites excluding steroid dienone is 2. The van der Waals surface area contributed by atoms with E-state index in [1.165, 1.54) is 67.6 Å². The van der Waals surface area contributed by atoms with E-state index in [1.54, 1.807) is 18.2 Å². The molecule has 1 aliphatic heterocycles. The smallest absolute Gasteiger partial charge is 0.211 e. The molecule has 4 aromatic rings. The SMILES string of the molecule is CC.CC(=O)C1C(c2c(O)ccc(C3Oc4cc(O)ccc4C(=O)C3Oc3cccc(O)c3)c2O)C=C(C)CC1c1ccc(O)cc1O. The van der Waals surface area contributed by atoms with Crippen LogP contribution in [0.1, 0.15) is 79.1 Å². The number of ether oxygens (including phenoxy) is 2. The molecule has 0 spiro atoms. The molecule has 5 atom stereocenters. The van der Waals surface area contributed by atoms with Gasteiger partial charge in [-0.25, -0.2) is 0 Å². The summed E-state index contributed by atoms with van der Waals surface area (Å²) in [6.45, 7) is 7.25. The summed E-state index contributed by atoms with van der Waals surface area (Å²) in [7, 11) is 0. The lowest BCUT2D eigenvalue weighted by Crippen LogP contribution is -2.40. The Morgan fingerprint density at radius 2 is 1.48 bits per heavy atom. The lowest BCUT2D eigenvalue weighted by Gasteiger charge is -2.37. The molecule has 0 bridgehead atoms. The Balaban J connectivity index is 0.00000221. The standard InChI is InChI=1S/C36H32O10.C2H6/c1-17-12-26(23-8-6-20(39)15-29(23)42)31(18(2)37)27(13-17)32-28(41)11-10-25(33(32)43)35-36(45-22-5-3-4-19(38)14-22)34(44)24-9-7-21(40)16-30(24)46-35;1-2/h3-11,13-16,26-27,31,35-36,38-43H,12H2,1-2H3;1-2H3. The van der Waals surface area contributed by atoms with Crippen LogP contribution in [0.4, 0.5) is 0 Å². The zero-order valence-corrected chi connectivity index (χ0v) is 26.9. The number of carbonyl (C=O) groups excluding carboxylic acids is 2. The second-order valence-electron chi connectivity index (χ2n) is 11.8. The molecule has 1 heterocycles. The van der Waals surface area contributed by atoms with Crippen molar-refractivity contribution in [2.45, 2.75) is 58.2 Å². The van der Waals surface area contributed by atoms with E-state index in [9.17, 15) is 40.2 Å². The highest BCUT2D eigenvalue weighted by Crippen LogP contribution is 2.53. The van der Waals surface area contributed by atoms with Crippen LogP contribution < -0.4 is 9.47 Å². The minimum Gasteiger partial charge on any atom is -0.508 e. The third kappa shape index (κ3) is 6.33. The molecule has 0 fully saturated rings. The zero-order valence-electron chi connectivity index (χ0n) is 26.9. The van der Waals surface area contributed by atoms with Gasteiger partial charge in [0.15, 0.2) is 6.10 Å². The van der Waals surface area contributed by atoms with Crippen molar-refractivity contribution in [2.75, 3.05) is 0 Å². The monoisotopic (exact) mass is 654 g/mol. The molecule has 0 aromatic heterocycles. The van der Waals surface area contributed by atoms with Crippen LogP contribution in [0.2, 0.25) is 0 Å². The summed E-state index contributed by atoms with van der Waals surface area (Å²) in [4.78, 5) is 27.1. The topological polar surface area (TPSA) is 174 Å². The van der Waals surface area contributed by atoms with E-state index in [1.807, 2.05) is 20.8 Å².